The first kappa shape index (κ1) is 13.7. The molecular weight excluding hydrogens is 216 g/mol. The van der Waals surface area contributed by atoms with Crippen LogP contribution in [0.4, 0.5) is 0 Å². The molecule has 17 heavy (non-hydrogen) atoms. The summed E-state index contributed by atoms with van der Waals surface area (Å²) in [5.41, 5.74) is 2.08. The van der Waals surface area contributed by atoms with Crippen LogP contribution >= 0.6 is 0 Å². The summed E-state index contributed by atoms with van der Waals surface area (Å²) in [6, 6.07) is 1.85. The number of carbonyl (C=O) groups excluding carboxylic acids is 1. The molecule has 1 rings (SSSR count). The van der Waals surface area contributed by atoms with Crippen molar-refractivity contribution in [3.63, 3.8) is 0 Å². The van der Waals surface area contributed by atoms with Gasteiger partial charge in [0.15, 0.2) is 0 Å². The Kier molecular flexibility index (Phi) is 4.69. The zero-order valence-electron chi connectivity index (χ0n) is 11.3. The van der Waals surface area contributed by atoms with Gasteiger partial charge in [0, 0.05) is 27.2 Å². The maximum Gasteiger partial charge on any atom is 0.239 e. The lowest BCUT2D eigenvalue weighted by atomic mass is 10.2. The van der Waals surface area contributed by atoms with E-state index in [2.05, 4.69) is 10.4 Å². The van der Waals surface area contributed by atoms with E-state index in [1.807, 2.05) is 45.6 Å². The van der Waals surface area contributed by atoms with Crippen molar-refractivity contribution in [2.45, 2.75) is 33.4 Å². The number of hydrogen-bond donors (Lipinski definition) is 1. The van der Waals surface area contributed by atoms with Gasteiger partial charge in [-0.2, -0.15) is 5.10 Å². The van der Waals surface area contributed by atoms with E-state index >= 15 is 0 Å². The van der Waals surface area contributed by atoms with E-state index in [4.69, 9.17) is 0 Å². The minimum atomic E-state index is -0.171. The zero-order chi connectivity index (χ0) is 13.0. The van der Waals surface area contributed by atoms with Gasteiger partial charge in [-0.1, -0.05) is 0 Å². The largest absolute Gasteiger partial charge is 0.345 e. The number of likely N-dealkylation sites (N-methyl/N-ethyl adjacent to an activating group) is 1. The molecule has 1 unspecified atom stereocenters. The second-order valence-electron chi connectivity index (χ2n) is 4.36. The van der Waals surface area contributed by atoms with Gasteiger partial charge in [0.2, 0.25) is 5.91 Å². The Labute approximate surface area is 103 Å². The Hall–Kier alpha value is -1.36. The summed E-state index contributed by atoms with van der Waals surface area (Å²) in [5, 5.41) is 7.48. The number of nitrogens with one attached hydrogen (secondary N) is 1. The Balaban J connectivity index is 2.51. The molecule has 1 heterocycles. The molecule has 1 aromatic rings. The molecule has 1 atom stereocenters. The Morgan fingerprint density at radius 3 is 2.76 bits per heavy atom. The highest BCUT2D eigenvalue weighted by Crippen LogP contribution is 2.02. The Morgan fingerprint density at radius 2 is 2.29 bits per heavy atom. The molecule has 0 radical (unpaired) electrons. The maximum absolute atomic E-state index is 11.8. The number of amides is 1. The quantitative estimate of drug-likeness (QED) is 0.821. The molecule has 1 aromatic heterocycles. The van der Waals surface area contributed by atoms with E-state index in [-0.39, 0.29) is 11.9 Å². The van der Waals surface area contributed by atoms with Gasteiger partial charge in [0.1, 0.15) is 0 Å². The summed E-state index contributed by atoms with van der Waals surface area (Å²) in [4.78, 5) is 13.5. The molecule has 0 saturated heterocycles. The summed E-state index contributed by atoms with van der Waals surface area (Å²) >= 11 is 0. The summed E-state index contributed by atoms with van der Waals surface area (Å²) in [6.07, 6.45) is 0. The average molecular weight is 238 g/mol. The van der Waals surface area contributed by atoms with Crippen LogP contribution in [0.5, 0.6) is 0 Å². The van der Waals surface area contributed by atoms with Crippen LogP contribution in [0.25, 0.3) is 0 Å². The molecule has 0 bridgehead atoms. The molecule has 0 saturated carbocycles. The lowest BCUT2D eigenvalue weighted by molar-refractivity contribution is -0.131. The highest BCUT2D eigenvalue weighted by molar-refractivity contribution is 5.81. The molecule has 1 amide bonds. The molecule has 0 aliphatic carbocycles. The summed E-state index contributed by atoms with van der Waals surface area (Å²) < 4.78 is 1.84. The molecule has 0 spiro atoms. The van der Waals surface area contributed by atoms with E-state index in [1.165, 1.54) is 0 Å². The maximum atomic E-state index is 11.8. The summed E-state index contributed by atoms with van der Waals surface area (Å²) in [5.74, 6) is 0.117. The van der Waals surface area contributed by atoms with Crippen molar-refractivity contribution in [2.24, 2.45) is 7.05 Å². The fourth-order valence-electron chi connectivity index (χ4n) is 1.66. The van der Waals surface area contributed by atoms with Crippen molar-refractivity contribution in [3.05, 3.63) is 17.5 Å². The third-order valence-electron chi connectivity index (χ3n) is 2.91. The highest BCUT2D eigenvalue weighted by atomic mass is 16.2. The van der Waals surface area contributed by atoms with Crippen molar-refractivity contribution < 1.29 is 4.79 Å². The van der Waals surface area contributed by atoms with Crippen molar-refractivity contribution in [1.29, 1.82) is 0 Å². The number of aromatic nitrogens is 2. The number of carbonyl (C=O) groups is 1. The van der Waals surface area contributed by atoms with Crippen molar-refractivity contribution >= 4 is 5.91 Å². The van der Waals surface area contributed by atoms with E-state index in [0.717, 1.165) is 17.9 Å². The second-order valence-corrected chi connectivity index (χ2v) is 4.36. The van der Waals surface area contributed by atoms with Gasteiger partial charge in [-0.25, -0.2) is 0 Å². The molecule has 0 aromatic carbocycles. The monoisotopic (exact) mass is 238 g/mol. The lowest BCUT2D eigenvalue weighted by Gasteiger charge is -2.20. The van der Waals surface area contributed by atoms with Crippen LogP contribution in [0.3, 0.4) is 0 Å². The predicted octanol–water partition coefficient (Wildman–Crippen LogP) is 0.685. The Morgan fingerprint density at radius 1 is 1.65 bits per heavy atom. The van der Waals surface area contributed by atoms with E-state index in [1.54, 1.807) is 4.90 Å². The normalized spacial score (nSPS) is 12.5. The number of rotatable bonds is 5. The molecular formula is C12H22N4O. The topological polar surface area (TPSA) is 50.2 Å². The molecule has 0 aliphatic heterocycles. The number of nitrogens with zero attached hydrogens (tertiary/aromatic N) is 3. The third kappa shape index (κ3) is 3.56. The molecule has 5 heteroatoms. The zero-order valence-corrected chi connectivity index (χ0v) is 11.3. The average Bonchev–Trinajstić information content (AvgIpc) is 2.62. The fraction of sp³-hybridized carbons (Fsp3) is 0.667. The molecule has 0 fully saturated rings. The van der Waals surface area contributed by atoms with Crippen LogP contribution in [0, 0.1) is 6.92 Å². The van der Waals surface area contributed by atoms with E-state index < -0.39 is 0 Å². The van der Waals surface area contributed by atoms with Gasteiger partial charge in [-0.05, 0) is 26.8 Å². The fourth-order valence-corrected chi connectivity index (χ4v) is 1.66. The van der Waals surface area contributed by atoms with Gasteiger partial charge in [0.25, 0.3) is 0 Å². The van der Waals surface area contributed by atoms with Crippen molar-refractivity contribution in [2.75, 3.05) is 13.6 Å². The first-order valence-corrected chi connectivity index (χ1v) is 5.93. The minimum Gasteiger partial charge on any atom is -0.345 e. The van der Waals surface area contributed by atoms with E-state index in [0.29, 0.717) is 6.54 Å². The summed E-state index contributed by atoms with van der Waals surface area (Å²) in [7, 11) is 3.73. The van der Waals surface area contributed by atoms with Crippen LogP contribution in [-0.4, -0.2) is 40.2 Å². The summed E-state index contributed by atoms with van der Waals surface area (Å²) in [6.45, 7) is 7.20. The van der Waals surface area contributed by atoms with Crippen LogP contribution in [0.1, 0.15) is 25.2 Å². The van der Waals surface area contributed by atoms with Crippen molar-refractivity contribution in [3.8, 4) is 0 Å². The van der Waals surface area contributed by atoms with Crippen LogP contribution in [0.2, 0.25) is 0 Å². The standard InChI is InChI=1S/C12H22N4O/c1-6-15(4)12(17)10(3)13-8-11-7-9(2)14-16(11)5/h7,10,13H,6,8H2,1-5H3. The molecule has 0 aliphatic rings. The third-order valence-corrected chi connectivity index (χ3v) is 2.91. The molecule has 96 valence electrons. The predicted molar refractivity (Wildman–Crippen MR) is 67.6 cm³/mol. The van der Waals surface area contributed by atoms with Crippen LogP contribution < -0.4 is 5.32 Å². The van der Waals surface area contributed by atoms with Gasteiger partial charge < -0.3 is 10.2 Å². The lowest BCUT2D eigenvalue weighted by Crippen LogP contribution is -2.42. The second kappa shape index (κ2) is 5.82. The van der Waals surface area contributed by atoms with Gasteiger partial charge in [-0.3, -0.25) is 9.48 Å². The SMILES string of the molecule is CCN(C)C(=O)C(C)NCc1cc(C)nn1C. The smallest absolute Gasteiger partial charge is 0.239 e. The number of hydrogen-bond acceptors (Lipinski definition) is 3. The van der Waals surface area contributed by atoms with Crippen molar-refractivity contribution in [1.82, 2.24) is 20.0 Å². The van der Waals surface area contributed by atoms with Crippen LogP contribution in [0.15, 0.2) is 6.07 Å². The van der Waals surface area contributed by atoms with Crippen LogP contribution in [-0.2, 0) is 18.4 Å². The Bertz CT molecular complexity index is 386. The van der Waals surface area contributed by atoms with E-state index in [9.17, 15) is 4.79 Å². The first-order chi connectivity index (χ1) is 7.95. The minimum absolute atomic E-state index is 0.117. The molecule has 5 nitrogen and oxygen atoms in total. The number of aryl methyl sites for hydroxylation is 2. The first-order valence-electron chi connectivity index (χ1n) is 5.93. The highest BCUT2D eigenvalue weighted by Gasteiger charge is 2.16. The molecule has 1 N–H and O–H groups in total. The van der Waals surface area contributed by atoms with Gasteiger partial charge in [-0.15, -0.1) is 0 Å². The van der Waals surface area contributed by atoms with Gasteiger partial charge in [0.05, 0.1) is 17.4 Å². The van der Waals surface area contributed by atoms with Gasteiger partial charge >= 0.3 is 0 Å².